The standard InChI is InChI=1S/C21H15F3N6O4S/c1-8(2)12-11(7-25)18(27)28-19-13(12)14(26)17(35-19)16(31)15-20(32)34-29-30(15)9-3-5-10(6-4-9)33-21(22,23)24/h3-6,8H,1-2H3,(H4-,26,27,28,29,31,32)/p+1. The fourth-order valence-electron chi connectivity index (χ4n) is 3.62. The summed E-state index contributed by atoms with van der Waals surface area (Å²) in [7, 11) is 0. The number of thiophene rings is 1. The fraction of sp³-hybridized carbons (Fsp3) is 0.190. The number of nitrogens with two attached hydrogens (primary N) is 2. The van der Waals surface area contributed by atoms with Crippen LogP contribution in [-0.4, -0.2) is 22.4 Å². The van der Waals surface area contributed by atoms with E-state index >= 15 is 0 Å². The van der Waals surface area contributed by atoms with Crippen LogP contribution in [0.1, 0.15) is 46.3 Å². The summed E-state index contributed by atoms with van der Waals surface area (Å²) in [5.41, 5.74) is 11.5. The van der Waals surface area contributed by atoms with Gasteiger partial charge in [0, 0.05) is 17.5 Å². The lowest BCUT2D eigenvalue weighted by atomic mass is 9.94. The van der Waals surface area contributed by atoms with Crippen LogP contribution in [0.25, 0.3) is 15.9 Å². The van der Waals surface area contributed by atoms with Crippen LogP contribution in [0.15, 0.2) is 33.6 Å². The van der Waals surface area contributed by atoms with E-state index in [-0.39, 0.29) is 33.6 Å². The Morgan fingerprint density at radius 1 is 1.29 bits per heavy atom. The summed E-state index contributed by atoms with van der Waals surface area (Å²) < 4.78 is 46.8. The first-order valence-electron chi connectivity index (χ1n) is 9.88. The van der Waals surface area contributed by atoms with Crippen LogP contribution >= 0.6 is 11.3 Å². The molecule has 0 bridgehead atoms. The molecule has 0 radical (unpaired) electrons. The van der Waals surface area contributed by atoms with Crippen LogP contribution in [0, 0.1) is 11.3 Å². The van der Waals surface area contributed by atoms with Gasteiger partial charge in [-0.05, 0) is 33.6 Å². The normalized spacial score (nSPS) is 11.7. The molecule has 3 heterocycles. The second kappa shape index (κ2) is 8.44. The van der Waals surface area contributed by atoms with Gasteiger partial charge >= 0.3 is 17.7 Å². The lowest BCUT2D eigenvalue weighted by Gasteiger charge is -2.12. The number of pyridine rings is 1. The first kappa shape index (κ1) is 23.8. The molecular formula is C21H16F3N6O4S+. The number of alkyl halides is 3. The number of rotatable bonds is 5. The number of carbonyl (C=O) groups excluding carboxylic acids is 1. The second-order valence-corrected chi connectivity index (χ2v) is 8.61. The van der Waals surface area contributed by atoms with Crippen LogP contribution in [0.2, 0.25) is 0 Å². The van der Waals surface area contributed by atoms with E-state index in [4.69, 9.17) is 16.0 Å². The number of hydrogen-bond acceptors (Lipinski definition) is 9. The number of carbonyl (C=O) groups is 1. The van der Waals surface area contributed by atoms with Gasteiger partial charge in [-0.1, -0.05) is 13.8 Å². The number of halogens is 3. The van der Waals surface area contributed by atoms with Crippen molar-refractivity contribution >= 4 is 38.8 Å². The van der Waals surface area contributed by atoms with Gasteiger partial charge in [0.05, 0.1) is 11.3 Å². The first-order chi connectivity index (χ1) is 16.4. The van der Waals surface area contributed by atoms with Crippen LogP contribution in [0.3, 0.4) is 0 Å². The number of nitrogens with zero attached hydrogens (tertiary/aromatic N) is 3. The van der Waals surface area contributed by atoms with E-state index in [0.717, 1.165) is 28.2 Å². The Kier molecular flexibility index (Phi) is 5.73. The molecule has 3 aromatic heterocycles. The summed E-state index contributed by atoms with van der Waals surface area (Å²) in [6.07, 6.45) is -4.88. The number of nitrogens with one attached hydrogen (secondary N) is 1. The molecule has 4 rings (SSSR count). The second-order valence-electron chi connectivity index (χ2n) is 7.61. The predicted molar refractivity (Wildman–Crippen MR) is 118 cm³/mol. The molecule has 5 N–H and O–H groups in total. The molecule has 0 unspecified atom stereocenters. The topological polar surface area (TPSA) is 165 Å². The summed E-state index contributed by atoms with van der Waals surface area (Å²) in [4.78, 5) is 30.3. The number of nitrogen functional groups attached to an aromatic ring is 2. The van der Waals surface area contributed by atoms with Crippen molar-refractivity contribution < 1.29 is 31.9 Å². The lowest BCUT2D eigenvalue weighted by Crippen LogP contribution is -2.41. The van der Waals surface area contributed by atoms with E-state index in [1.165, 1.54) is 12.1 Å². The van der Waals surface area contributed by atoms with E-state index < -0.39 is 29.2 Å². The molecule has 14 heteroatoms. The van der Waals surface area contributed by atoms with Gasteiger partial charge in [0.25, 0.3) is 5.78 Å². The zero-order valence-electron chi connectivity index (χ0n) is 18.1. The van der Waals surface area contributed by atoms with Crippen LogP contribution < -0.4 is 26.5 Å². The van der Waals surface area contributed by atoms with Crippen molar-refractivity contribution in [2.75, 3.05) is 11.5 Å². The van der Waals surface area contributed by atoms with Gasteiger partial charge in [0.2, 0.25) is 5.69 Å². The fourth-order valence-corrected chi connectivity index (χ4v) is 4.68. The number of H-pyrrole nitrogens is 1. The van der Waals surface area contributed by atoms with Crippen LogP contribution in [-0.2, 0) is 0 Å². The number of anilines is 2. The number of fused-ring (bicyclic) bond motifs is 1. The molecule has 0 spiro atoms. The molecule has 0 aliphatic carbocycles. The molecule has 0 amide bonds. The maximum absolute atomic E-state index is 13.4. The Balaban J connectivity index is 1.83. The number of ketones is 1. The highest BCUT2D eigenvalue weighted by atomic mass is 32.1. The van der Waals surface area contributed by atoms with Gasteiger partial charge in [-0.2, -0.15) is 5.26 Å². The van der Waals surface area contributed by atoms with Crippen molar-refractivity contribution in [2.45, 2.75) is 26.1 Å². The van der Waals surface area contributed by atoms with Gasteiger partial charge in [0.1, 0.15) is 27.3 Å². The van der Waals surface area contributed by atoms with Gasteiger partial charge < -0.3 is 16.2 Å². The van der Waals surface area contributed by atoms with Gasteiger partial charge in [-0.3, -0.25) is 9.32 Å². The number of aromatic amines is 1. The third kappa shape index (κ3) is 4.17. The lowest BCUT2D eigenvalue weighted by molar-refractivity contribution is -0.672. The third-order valence-electron chi connectivity index (χ3n) is 5.03. The van der Waals surface area contributed by atoms with Gasteiger partial charge in [0.15, 0.2) is 0 Å². The molecule has 0 aliphatic rings. The highest BCUT2D eigenvalue weighted by Gasteiger charge is 2.36. The van der Waals surface area contributed by atoms with E-state index in [2.05, 4.69) is 15.0 Å². The van der Waals surface area contributed by atoms with E-state index in [9.17, 15) is 28.0 Å². The summed E-state index contributed by atoms with van der Waals surface area (Å²) in [5.74, 6) is -1.51. The van der Waals surface area contributed by atoms with Crippen molar-refractivity contribution in [1.82, 2.24) is 10.3 Å². The smallest absolute Gasteiger partial charge is 0.406 e. The maximum Gasteiger partial charge on any atom is 0.573 e. The van der Waals surface area contributed by atoms with Gasteiger partial charge in [-0.15, -0.1) is 24.5 Å². The molecule has 1 aromatic carbocycles. The summed E-state index contributed by atoms with van der Waals surface area (Å²) in [6.45, 7) is 3.66. The van der Waals surface area contributed by atoms with Crippen molar-refractivity contribution in [3.63, 3.8) is 0 Å². The highest BCUT2D eigenvalue weighted by molar-refractivity contribution is 7.21. The van der Waals surface area contributed by atoms with Crippen molar-refractivity contribution in [3.8, 4) is 17.5 Å². The monoisotopic (exact) mass is 505 g/mol. The maximum atomic E-state index is 13.4. The average Bonchev–Trinajstić information content (AvgIpc) is 3.31. The van der Waals surface area contributed by atoms with Crippen LogP contribution in [0.4, 0.5) is 24.7 Å². The Morgan fingerprint density at radius 2 is 1.94 bits per heavy atom. The molecule has 0 aliphatic heterocycles. The minimum atomic E-state index is -4.88. The van der Waals surface area contributed by atoms with Crippen molar-refractivity contribution in [2.24, 2.45) is 0 Å². The predicted octanol–water partition coefficient (Wildman–Crippen LogP) is 3.14. The number of benzene rings is 1. The average molecular weight is 505 g/mol. The van der Waals surface area contributed by atoms with E-state index in [1.807, 2.05) is 19.9 Å². The number of nitriles is 1. The molecule has 0 fully saturated rings. The quantitative estimate of drug-likeness (QED) is 0.275. The number of ether oxygens (including phenoxy) is 1. The van der Waals surface area contributed by atoms with Crippen molar-refractivity contribution in [3.05, 3.63) is 56.4 Å². The molecule has 4 aromatic rings. The first-order valence-corrected chi connectivity index (χ1v) is 10.7. The molecule has 180 valence electrons. The summed E-state index contributed by atoms with van der Waals surface area (Å²) >= 11 is 0.889. The Hall–Kier alpha value is -4.38. The summed E-state index contributed by atoms with van der Waals surface area (Å²) in [6, 6.07) is 6.41. The minimum absolute atomic E-state index is 0.0127. The van der Waals surface area contributed by atoms with E-state index in [0.29, 0.717) is 15.8 Å². The largest absolute Gasteiger partial charge is 0.573 e. The Morgan fingerprint density at radius 3 is 2.51 bits per heavy atom. The molecular weight excluding hydrogens is 489 g/mol. The molecule has 0 saturated heterocycles. The van der Waals surface area contributed by atoms with E-state index in [1.54, 1.807) is 0 Å². The van der Waals surface area contributed by atoms with Crippen LogP contribution in [0.5, 0.6) is 5.75 Å². The third-order valence-corrected chi connectivity index (χ3v) is 6.13. The molecule has 10 nitrogen and oxygen atoms in total. The highest BCUT2D eigenvalue weighted by Crippen LogP contribution is 2.41. The number of aromatic nitrogens is 3. The molecule has 35 heavy (non-hydrogen) atoms. The zero-order chi connectivity index (χ0) is 25.7. The zero-order valence-corrected chi connectivity index (χ0v) is 18.9. The summed E-state index contributed by atoms with van der Waals surface area (Å²) in [5, 5.41) is 12.2. The number of hydrogen-bond donors (Lipinski definition) is 3. The Labute approximate surface area is 198 Å². The minimum Gasteiger partial charge on any atom is -0.406 e. The van der Waals surface area contributed by atoms with Gasteiger partial charge in [-0.25, -0.2) is 9.78 Å². The molecule has 0 saturated carbocycles. The SMILES string of the molecule is CC(C)c1c(C#N)c(N)nc2sc(C(=O)c3c(=O)o[nH][n+]3-c3ccc(OC(F)(F)F)cc3)c(N)c12. The Bertz CT molecular complexity index is 1560. The molecule has 0 atom stereocenters. The van der Waals surface area contributed by atoms with Crippen molar-refractivity contribution in [1.29, 1.82) is 5.26 Å².